The maximum atomic E-state index is 12.2. The summed E-state index contributed by atoms with van der Waals surface area (Å²) in [7, 11) is 0. The van der Waals surface area contributed by atoms with Crippen LogP contribution in [0.5, 0.6) is 0 Å². The number of carboxylic acid groups (broad SMARTS) is 1. The molecule has 0 spiro atoms. The molecule has 1 aliphatic carbocycles. The zero-order chi connectivity index (χ0) is 20.9. The van der Waals surface area contributed by atoms with Crippen LogP contribution in [0.4, 0.5) is 0 Å². The molecule has 0 saturated heterocycles. The van der Waals surface area contributed by atoms with Crippen LogP contribution in [0.3, 0.4) is 0 Å². The Morgan fingerprint density at radius 1 is 1.07 bits per heavy atom. The van der Waals surface area contributed by atoms with Crippen molar-refractivity contribution in [2.45, 2.75) is 43.4 Å². The average Bonchev–Trinajstić information content (AvgIpc) is 3.04. The lowest BCUT2D eigenvalue weighted by Crippen LogP contribution is -2.44. The summed E-state index contributed by atoms with van der Waals surface area (Å²) in [5, 5.41) is 9.30. The minimum absolute atomic E-state index is 0.0519. The lowest BCUT2D eigenvalue weighted by atomic mass is 9.98. The van der Waals surface area contributed by atoms with E-state index in [2.05, 4.69) is 24.3 Å². The highest BCUT2D eigenvalue weighted by Gasteiger charge is 2.33. The molecule has 0 amide bonds. The molecule has 0 radical (unpaired) electrons. The van der Waals surface area contributed by atoms with Gasteiger partial charge in [0.15, 0.2) is 4.87 Å². The van der Waals surface area contributed by atoms with Crippen LogP contribution >= 0.6 is 11.8 Å². The summed E-state index contributed by atoms with van der Waals surface area (Å²) < 4.78 is 5.58. The number of thioether (sulfide) groups is 1. The highest BCUT2D eigenvalue weighted by atomic mass is 32.2. The van der Waals surface area contributed by atoms with Gasteiger partial charge in [-0.15, -0.1) is 11.8 Å². The van der Waals surface area contributed by atoms with E-state index in [0.29, 0.717) is 31.6 Å². The summed E-state index contributed by atoms with van der Waals surface area (Å²) in [4.78, 5) is 22.3. The van der Waals surface area contributed by atoms with E-state index in [9.17, 15) is 14.7 Å². The third kappa shape index (κ3) is 4.82. The van der Waals surface area contributed by atoms with Gasteiger partial charge in [0.1, 0.15) is 6.61 Å². The fourth-order valence-corrected chi connectivity index (χ4v) is 4.77. The summed E-state index contributed by atoms with van der Waals surface area (Å²) in [5.41, 5.74) is 10.7. The second-order valence-electron chi connectivity index (χ2n) is 7.24. The van der Waals surface area contributed by atoms with Crippen molar-refractivity contribution >= 4 is 23.7 Å². The van der Waals surface area contributed by atoms with Crippen LogP contribution in [0, 0.1) is 0 Å². The van der Waals surface area contributed by atoms with Gasteiger partial charge in [-0.2, -0.15) is 0 Å². The van der Waals surface area contributed by atoms with Gasteiger partial charge in [-0.25, -0.2) is 4.79 Å². The summed E-state index contributed by atoms with van der Waals surface area (Å²) >= 11 is 1.22. The molecule has 0 heterocycles. The number of nitrogens with two attached hydrogens (primary N) is 1. The molecule has 0 aliphatic heterocycles. The van der Waals surface area contributed by atoms with Crippen molar-refractivity contribution in [2.75, 3.05) is 12.4 Å². The Bertz CT molecular complexity index is 839. The van der Waals surface area contributed by atoms with E-state index in [1.54, 1.807) is 0 Å². The molecule has 1 aliphatic rings. The Morgan fingerprint density at radius 3 is 2.21 bits per heavy atom. The molecule has 154 valence electrons. The first-order valence-electron chi connectivity index (χ1n) is 9.96. The van der Waals surface area contributed by atoms with E-state index < -0.39 is 10.8 Å². The Labute approximate surface area is 175 Å². The van der Waals surface area contributed by atoms with Gasteiger partial charge in [0.25, 0.3) is 0 Å². The molecular formula is C23H27NO4S. The van der Waals surface area contributed by atoms with Crippen molar-refractivity contribution in [3.8, 4) is 11.1 Å². The molecule has 5 nitrogen and oxygen atoms in total. The largest absolute Gasteiger partial charge is 0.479 e. The summed E-state index contributed by atoms with van der Waals surface area (Å²) in [5.74, 6) is -0.579. The number of carbonyl (C=O) groups excluding carboxylic acids is 1. The number of carbonyl (C=O) groups is 2. The van der Waals surface area contributed by atoms with Crippen LogP contribution in [0.1, 0.15) is 49.7 Å². The van der Waals surface area contributed by atoms with E-state index in [1.807, 2.05) is 31.2 Å². The lowest BCUT2D eigenvalue weighted by molar-refractivity contribution is -0.144. The molecule has 29 heavy (non-hydrogen) atoms. The number of aliphatic carboxylic acids is 1. The van der Waals surface area contributed by atoms with Crippen molar-refractivity contribution in [3.63, 3.8) is 0 Å². The van der Waals surface area contributed by atoms with Crippen molar-refractivity contribution in [1.29, 1.82) is 0 Å². The number of hydrogen-bond acceptors (Lipinski definition) is 5. The molecule has 2 aromatic carbocycles. The maximum Gasteiger partial charge on any atom is 0.334 e. The van der Waals surface area contributed by atoms with Gasteiger partial charge >= 0.3 is 11.9 Å². The smallest absolute Gasteiger partial charge is 0.334 e. The maximum absolute atomic E-state index is 12.2. The highest BCUT2D eigenvalue weighted by Crippen LogP contribution is 2.44. The Balaban J connectivity index is 1.51. The zero-order valence-electron chi connectivity index (χ0n) is 16.6. The van der Waals surface area contributed by atoms with Crippen molar-refractivity contribution < 1.29 is 19.4 Å². The SMILES string of the molecule is CCSC(N)(CCCCC(=O)OCC1c2ccccc2-c2ccccc21)C(=O)O. The van der Waals surface area contributed by atoms with Crippen LogP contribution in [-0.4, -0.2) is 34.3 Å². The third-order valence-corrected chi connectivity index (χ3v) is 6.50. The molecule has 1 atom stereocenters. The third-order valence-electron chi connectivity index (χ3n) is 5.32. The Kier molecular flexibility index (Phi) is 6.98. The number of benzene rings is 2. The minimum Gasteiger partial charge on any atom is -0.479 e. The second-order valence-corrected chi connectivity index (χ2v) is 8.84. The number of ether oxygens (including phenoxy) is 1. The first-order valence-corrected chi connectivity index (χ1v) is 10.9. The number of hydrogen-bond donors (Lipinski definition) is 2. The molecule has 3 rings (SSSR count). The van der Waals surface area contributed by atoms with Gasteiger partial charge in [0.2, 0.25) is 0 Å². The topological polar surface area (TPSA) is 89.6 Å². The Hall–Kier alpha value is -2.31. The second kappa shape index (κ2) is 9.46. The van der Waals surface area contributed by atoms with Crippen LogP contribution < -0.4 is 5.73 Å². The summed E-state index contributed by atoms with van der Waals surface area (Å²) in [6.45, 7) is 2.19. The van der Waals surface area contributed by atoms with Gasteiger partial charge < -0.3 is 15.6 Å². The van der Waals surface area contributed by atoms with E-state index in [1.165, 1.54) is 34.0 Å². The predicted octanol–water partition coefficient (Wildman–Crippen LogP) is 4.40. The standard InChI is InChI=1S/C23H27NO4S/c1-2-29-23(24,22(26)27)14-8-7-13-21(25)28-15-20-18-11-5-3-9-16(18)17-10-4-6-12-19(17)20/h3-6,9-12,20H,2,7-8,13-15,24H2,1H3,(H,26,27). The highest BCUT2D eigenvalue weighted by molar-refractivity contribution is 8.01. The van der Waals surface area contributed by atoms with E-state index in [0.717, 1.165) is 0 Å². The number of unbranched alkanes of at least 4 members (excludes halogenated alkanes) is 1. The Morgan fingerprint density at radius 2 is 1.66 bits per heavy atom. The monoisotopic (exact) mass is 413 g/mol. The predicted molar refractivity (Wildman–Crippen MR) is 116 cm³/mol. The van der Waals surface area contributed by atoms with Crippen LogP contribution in [0.15, 0.2) is 48.5 Å². The van der Waals surface area contributed by atoms with Crippen LogP contribution in [0.25, 0.3) is 11.1 Å². The fourth-order valence-electron chi connectivity index (χ4n) is 3.84. The summed E-state index contributed by atoms with van der Waals surface area (Å²) in [6, 6.07) is 16.4. The fraction of sp³-hybridized carbons (Fsp3) is 0.391. The molecular weight excluding hydrogens is 386 g/mol. The van der Waals surface area contributed by atoms with E-state index >= 15 is 0 Å². The molecule has 0 aromatic heterocycles. The molecule has 0 fully saturated rings. The number of carboxylic acids is 1. The molecule has 6 heteroatoms. The summed E-state index contributed by atoms with van der Waals surface area (Å²) in [6.07, 6.45) is 1.73. The van der Waals surface area contributed by atoms with Crippen molar-refractivity contribution in [3.05, 3.63) is 59.7 Å². The molecule has 0 bridgehead atoms. The number of rotatable bonds is 10. The normalized spacial score (nSPS) is 14.7. The number of fused-ring (bicyclic) bond motifs is 3. The van der Waals surface area contributed by atoms with E-state index in [-0.39, 0.29) is 18.3 Å². The van der Waals surface area contributed by atoms with Crippen molar-refractivity contribution in [2.24, 2.45) is 5.73 Å². The molecule has 0 saturated carbocycles. The zero-order valence-corrected chi connectivity index (χ0v) is 17.4. The van der Waals surface area contributed by atoms with Gasteiger partial charge in [-0.3, -0.25) is 4.79 Å². The molecule has 2 aromatic rings. The lowest BCUT2D eigenvalue weighted by Gasteiger charge is -2.23. The van der Waals surface area contributed by atoms with E-state index in [4.69, 9.17) is 10.5 Å². The van der Waals surface area contributed by atoms with Crippen molar-refractivity contribution in [1.82, 2.24) is 0 Å². The average molecular weight is 414 g/mol. The molecule has 3 N–H and O–H groups in total. The first-order chi connectivity index (χ1) is 14.0. The van der Waals surface area contributed by atoms with Gasteiger partial charge in [-0.1, -0.05) is 55.5 Å². The minimum atomic E-state index is -1.28. The number of esters is 1. The quantitative estimate of drug-likeness (QED) is 0.341. The van der Waals surface area contributed by atoms with Gasteiger partial charge in [0.05, 0.1) is 0 Å². The van der Waals surface area contributed by atoms with Crippen LogP contribution in [0.2, 0.25) is 0 Å². The van der Waals surface area contributed by atoms with Gasteiger partial charge in [0, 0.05) is 12.3 Å². The van der Waals surface area contributed by atoms with Gasteiger partial charge in [-0.05, 0) is 47.3 Å². The van der Waals surface area contributed by atoms with Crippen LogP contribution in [-0.2, 0) is 14.3 Å². The first kappa shape index (κ1) is 21.4. The molecule has 1 unspecified atom stereocenters.